The van der Waals surface area contributed by atoms with E-state index in [4.69, 9.17) is 9.47 Å². The van der Waals surface area contributed by atoms with Crippen LogP contribution in [0.1, 0.15) is 52.4 Å². The molecule has 25 heavy (non-hydrogen) atoms. The van der Waals surface area contributed by atoms with Gasteiger partial charge in [0.1, 0.15) is 0 Å². The number of methoxy groups -OCH3 is 1. The van der Waals surface area contributed by atoms with Gasteiger partial charge in [0.25, 0.3) is 0 Å². The van der Waals surface area contributed by atoms with Crippen LogP contribution in [0.2, 0.25) is 0 Å². The van der Waals surface area contributed by atoms with Gasteiger partial charge in [-0.3, -0.25) is 9.20 Å². The molecule has 0 radical (unpaired) electrons. The summed E-state index contributed by atoms with van der Waals surface area (Å²) in [6.45, 7) is 7.80. The summed E-state index contributed by atoms with van der Waals surface area (Å²) in [6, 6.07) is 0.379. The maximum absolute atomic E-state index is 12.1. The predicted molar refractivity (Wildman–Crippen MR) is 106 cm³/mol. The van der Waals surface area contributed by atoms with Crippen molar-refractivity contribution < 1.29 is 13.7 Å². The Labute approximate surface area is 156 Å². The van der Waals surface area contributed by atoms with Gasteiger partial charge in [-0.05, 0) is 39.0 Å². The van der Waals surface area contributed by atoms with Crippen molar-refractivity contribution in [1.82, 2.24) is 10.6 Å². The van der Waals surface area contributed by atoms with E-state index in [-0.39, 0.29) is 0 Å². The first-order valence-electron chi connectivity index (χ1n) is 9.69. The van der Waals surface area contributed by atoms with Crippen molar-refractivity contribution >= 4 is 16.8 Å². The molecule has 0 saturated heterocycles. The molecule has 0 bridgehead atoms. The largest absolute Gasteiger partial charge is 0.382 e. The summed E-state index contributed by atoms with van der Waals surface area (Å²) in [4.78, 5) is 4.67. The number of aliphatic imine (C=N–C) groups is 1. The van der Waals surface area contributed by atoms with E-state index in [1.165, 1.54) is 0 Å². The van der Waals surface area contributed by atoms with E-state index >= 15 is 0 Å². The highest BCUT2D eigenvalue weighted by molar-refractivity contribution is 7.85. The molecule has 1 aliphatic rings. The van der Waals surface area contributed by atoms with Gasteiger partial charge in [0.15, 0.2) is 5.96 Å². The van der Waals surface area contributed by atoms with E-state index in [1.807, 2.05) is 6.92 Å². The Balaban J connectivity index is 2.31. The zero-order chi connectivity index (χ0) is 18.3. The molecule has 3 atom stereocenters. The summed E-state index contributed by atoms with van der Waals surface area (Å²) in [5.74, 6) is 1.65. The fraction of sp³-hybridized carbons (Fsp3) is 0.944. The molecule has 1 fully saturated rings. The molecule has 0 heterocycles. The van der Waals surface area contributed by atoms with Crippen LogP contribution in [-0.4, -0.2) is 67.2 Å². The second-order valence-electron chi connectivity index (χ2n) is 6.37. The maximum Gasteiger partial charge on any atom is 0.191 e. The lowest BCUT2D eigenvalue weighted by Gasteiger charge is -2.30. The zero-order valence-electron chi connectivity index (χ0n) is 16.2. The SMILES string of the molecule is CCNC(=NCCCCOCCOC)NC1CCCC(S(=O)CC)C1. The molecule has 0 aromatic rings. The zero-order valence-corrected chi connectivity index (χ0v) is 17.0. The molecule has 2 N–H and O–H groups in total. The Hall–Kier alpha value is -0.660. The van der Waals surface area contributed by atoms with Gasteiger partial charge >= 0.3 is 0 Å². The van der Waals surface area contributed by atoms with E-state index in [2.05, 4.69) is 22.5 Å². The summed E-state index contributed by atoms with van der Waals surface area (Å²) in [5, 5.41) is 7.20. The molecule has 7 heteroatoms. The normalized spacial score (nSPS) is 22.6. The van der Waals surface area contributed by atoms with Crippen LogP contribution in [0, 0.1) is 0 Å². The molecule has 1 rings (SSSR count). The van der Waals surface area contributed by atoms with E-state index in [9.17, 15) is 4.21 Å². The van der Waals surface area contributed by atoms with Gasteiger partial charge < -0.3 is 20.1 Å². The van der Waals surface area contributed by atoms with Gasteiger partial charge in [0.2, 0.25) is 0 Å². The molecule has 0 aromatic carbocycles. The van der Waals surface area contributed by atoms with Crippen molar-refractivity contribution in [2.75, 3.05) is 45.8 Å². The molecular weight excluding hydrogens is 338 g/mol. The first kappa shape index (κ1) is 22.4. The van der Waals surface area contributed by atoms with Crippen LogP contribution >= 0.6 is 0 Å². The summed E-state index contributed by atoms with van der Waals surface area (Å²) >= 11 is 0. The van der Waals surface area contributed by atoms with Crippen LogP contribution < -0.4 is 10.6 Å². The van der Waals surface area contributed by atoms with Gasteiger partial charge in [-0.25, -0.2) is 0 Å². The van der Waals surface area contributed by atoms with Crippen molar-refractivity contribution in [2.45, 2.75) is 63.7 Å². The maximum atomic E-state index is 12.1. The van der Waals surface area contributed by atoms with Crippen LogP contribution in [0.15, 0.2) is 4.99 Å². The Kier molecular flexibility index (Phi) is 13.0. The lowest BCUT2D eigenvalue weighted by molar-refractivity contribution is 0.0690. The van der Waals surface area contributed by atoms with E-state index in [0.29, 0.717) is 24.5 Å². The molecule has 1 saturated carbocycles. The Morgan fingerprint density at radius 1 is 1.20 bits per heavy atom. The van der Waals surface area contributed by atoms with Crippen LogP contribution in [0.3, 0.4) is 0 Å². The third kappa shape index (κ3) is 10.2. The van der Waals surface area contributed by atoms with Gasteiger partial charge in [0.05, 0.1) is 13.2 Å². The second kappa shape index (κ2) is 14.5. The molecule has 148 valence electrons. The minimum atomic E-state index is -0.688. The topological polar surface area (TPSA) is 72.0 Å². The monoisotopic (exact) mass is 375 g/mol. The first-order valence-corrected chi connectivity index (χ1v) is 11.1. The van der Waals surface area contributed by atoms with Crippen molar-refractivity contribution in [1.29, 1.82) is 0 Å². The minimum absolute atomic E-state index is 0.336. The standard InChI is InChI=1S/C18H37N3O3S/c1-4-19-18(20-11-6-7-12-24-14-13-23-3)21-16-9-8-10-17(15-16)25(22)5-2/h16-17H,4-15H2,1-3H3,(H2,19,20,21). The Bertz CT molecular complexity index is 394. The third-order valence-corrected chi connectivity index (χ3v) is 6.11. The molecule has 0 aliphatic heterocycles. The summed E-state index contributed by atoms with van der Waals surface area (Å²) in [6.07, 6.45) is 6.37. The van der Waals surface area contributed by atoms with Crippen molar-refractivity contribution in [3.05, 3.63) is 0 Å². The molecule has 6 nitrogen and oxygen atoms in total. The highest BCUT2D eigenvalue weighted by Gasteiger charge is 2.25. The molecule has 0 aromatic heterocycles. The van der Waals surface area contributed by atoms with E-state index in [1.54, 1.807) is 7.11 Å². The molecule has 0 amide bonds. The average Bonchev–Trinajstić information content (AvgIpc) is 2.63. The summed E-state index contributed by atoms with van der Waals surface area (Å²) in [7, 11) is 0.995. The fourth-order valence-electron chi connectivity index (χ4n) is 3.02. The number of guanidine groups is 1. The number of hydrogen-bond donors (Lipinski definition) is 2. The number of hydrogen-bond acceptors (Lipinski definition) is 4. The average molecular weight is 376 g/mol. The molecular formula is C18H37N3O3S. The lowest BCUT2D eigenvalue weighted by atomic mass is 9.95. The predicted octanol–water partition coefficient (Wildman–Crippen LogP) is 2.06. The van der Waals surface area contributed by atoms with Gasteiger partial charge in [-0.15, -0.1) is 0 Å². The first-order chi connectivity index (χ1) is 12.2. The van der Waals surface area contributed by atoms with Gasteiger partial charge in [-0.1, -0.05) is 13.3 Å². The van der Waals surface area contributed by atoms with Crippen molar-refractivity contribution in [3.8, 4) is 0 Å². The molecule has 1 aliphatic carbocycles. The Morgan fingerprint density at radius 2 is 2.04 bits per heavy atom. The van der Waals surface area contributed by atoms with Crippen molar-refractivity contribution in [2.24, 2.45) is 4.99 Å². The summed E-state index contributed by atoms with van der Waals surface area (Å²) < 4.78 is 22.5. The smallest absolute Gasteiger partial charge is 0.191 e. The van der Waals surface area contributed by atoms with Crippen molar-refractivity contribution in [3.63, 3.8) is 0 Å². The lowest BCUT2D eigenvalue weighted by Crippen LogP contribution is -2.46. The van der Waals surface area contributed by atoms with Crippen LogP contribution in [0.4, 0.5) is 0 Å². The highest BCUT2D eigenvalue weighted by Crippen LogP contribution is 2.22. The molecule has 3 unspecified atom stereocenters. The minimum Gasteiger partial charge on any atom is -0.382 e. The third-order valence-electron chi connectivity index (χ3n) is 4.37. The van der Waals surface area contributed by atoms with E-state index < -0.39 is 10.8 Å². The van der Waals surface area contributed by atoms with Crippen LogP contribution in [0.25, 0.3) is 0 Å². The van der Waals surface area contributed by atoms with Gasteiger partial charge in [0, 0.05) is 54.7 Å². The fourth-order valence-corrected chi connectivity index (χ4v) is 4.36. The highest BCUT2D eigenvalue weighted by atomic mass is 32.2. The number of nitrogens with one attached hydrogen (secondary N) is 2. The number of ether oxygens (including phenoxy) is 2. The Morgan fingerprint density at radius 3 is 2.76 bits per heavy atom. The summed E-state index contributed by atoms with van der Waals surface area (Å²) in [5.41, 5.74) is 0. The number of rotatable bonds is 12. The van der Waals surface area contributed by atoms with E-state index in [0.717, 1.165) is 69.9 Å². The van der Waals surface area contributed by atoms with Gasteiger partial charge in [-0.2, -0.15) is 0 Å². The van der Waals surface area contributed by atoms with Crippen LogP contribution in [0.5, 0.6) is 0 Å². The number of unbranched alkanes of at least 4 members (excludes halogenated alkanes) is 1. The quantitative estimate of drug-likeness (QED) is 0.310. The number of nitrogens with zero attached hydrogens (tertiary/aromatic N) is 1. The molecule has 0 spiro atoms. The second-order valence-corrected chi connectivity index (χ2v) is 8.38. The van der Waals surface area contributed by atoms with Crippen LogP contribution in [-0.2, 0) is 20.3 Å².